The molecule has 13 heavy (non-hydrogen) atoms. The predicted molar refractivity (Wildman–Crippen MR) is 53.0 cm³/mol. The van der Waals surface area contributed by atoms with Crippen LogP contribution in [0.3, 0.4) is 0 Å². The summed E-state index contributed by atoms with van der Waals surface area (Å²) in [7, 11) is 1.94. The van der Waals surface area contributed by atoms with E-state index in [2.05, 4.69) is 10.2 Å². The van der Waals surface area contributed by atoms with E-state index in [1.807, 2.05) is 11.6 Å². The van der Waals surface area contributed by atoms with E-state index in [-0.39, 0.29) is 6.04 Å². The summed E-state index contributed by atoms with van der Waals surface area (Å²) in [5.41, 5.74) is 5.99. The molecule has 0 saturated heterocycles. The lowest BCUT2D eigenvalue weighted by molar-refractivity contribution is 0.559. The molecule has 3 N–H and O–H groups in total. The average molecular weight is 198 g/mol. The van der Waals surface area contributed by atoms with Gasteiger partial charge >= 0.3 is 0 Å². The quantitative estimate of drug-likeness (QED) is 0.664. The molecule has 2 atom stereocenters. The molecule has 5 heteroatoms. The molecule has 0 aromatic carbocycles. The van der Waals surface area contributed by atoms with Crippen LogP contribution in [0.1, 0.15) is 31.0 Å². The van der Waals surface area contributed by atoms with Gasteiger partial charge in [-0.1, -0.05) is 6.42 Å². The zero-order valence-electron chi connectivity index (χ0n) is 7.66. The van der Waals surface area contributed by atoms with Crippen LogP contribution in [0.4, 0.5) is 0 Å². The molecule has 1 saturated carbocycles. The number of nitrogens with zero attached hydrogens (tertiary/aromatic N) is 2. The molecule has 0 spiro atoms. The summed E-state index contributed by atoms with van der Waals surface area (Å²) in [5, 5.41) is 7.01. The highest BCUT2D eigenvalue weighted by molar-refractivity contribution is 7.71. The molecule has 72 valence electrons. The van der Waals surface area contributed by atoms with Gasteiger partial charge in [-0.25, -0.2) is 0 Å². The van der Waals surface area contributed by atoms with Crippen LogP contribution in [0.15, 0.2) is 0 Å². The molecular formula is C8H14N4S. The van der Waals surface area contributed by atoms with E-state index in [1.54, 1.807) is 0 Å². The minimum Gasteiger partial charge on any atom is -0.327 e. The van der Waals surface area contributed by atoms with Crippen molar-refractivity contribution in [1.29, 1.82) is 0 Å². The number of H-pyrrole nitrogens is 1. The van der Waals surface area contributed by atoms with Crippen molar-refractivity contribution in [3.63, 3.8) is 0 Å². The van der Waals surface area contributed by atoms with Crippen LogP contribution in [0.2, 0.25) is 0 Å². The van der Waals surface area contributed by atoms with E-state index >= 15 is 0 Å². The average Bonchev–Trinajstić information content (AvgIpc) is 2.62. The van der Waals surface area contributed by atoms with E-state index in [1.165, 1.54) is 6.42 Å². The largest absolute Gasteiger partial charge is 0.327 e. The van der Waals surface area contributed by atoms with Crippen LogP contribution in [0, 0.1) is 4.77 Å². The van der Waals surface area contributed by atoms with Crippen molar-refractivity contribution in [3.8, 4) is 0 Å². The first-order valence-electron chi connectivity index (χ1n) is 4.57. The van der Waals surface area contributed by atoms with Gasteiger partial charge in [0.1, 0.15) is 5.82 Å². The van der Waals surface area contributed by atoms with E-state index in [0.717, 1.165) is 18.7 Å². The van der Waals surface area contributed by atoms with Gasteiger partial charge in [0.05, 0.1) is 0 Å². The summed E-state index contributed by atoms with van der Waals surface area (Å²) in [5.74, 6) is 1.40. The van der Waals surface area contributed by atoms with Crippen molar-refractivity contribution in [3.05, 3.63) is 10.6 Å². The van der Waals surface area contributed by atoms with Gasteiger partial charge in [-0.15, -0.1) is 0 Å². The Labute approximate surface area is 82.1 Å². The fraction of sp³-hybridized carbons (Fsp3) is 0.750. The van der Waals surface area contributed by atoms with Gasteiger partial charge < -0.3 is 10.3 Å². The Kier molecular flexibility index (Phi) is 2.21. The first kappa shape index (κ1) is 8.90. The third-order valence-electron chi connectivity index (χ3n) is 2.82. The number of aromatic nitrogens is 3. The molecule has 1 aromatic rings. The van der Waals surface area contributed by atoms with Gasteiger partial charge in [0.15, 0.2) is 4.77 Å². The Morgan fingerprint density at radius 2 is 2.38 bits per heavy atom. The number of nitrogens with two attached hydrogens (primary N) is 1. The highest BCUT2D eigenvalue weighted by Crippen LogP contribution is 2.31. The zero-order chi connectivity index (χ0) is 9.42. The Hall–Kier alpha value is -0.680. The summed E-state index contributed by atoms with van der Waals surface area (Å²) >= 11 is 5.05. The van der Waals surface area contributed by atoms with Gasteiger partial charge in [-0.05, 0) is 25.1 Å². The predicted octanol–water partition coefficient (Wildman–Crippen LogP) is 1.07. The summed E-state index contributed by atoms with van der Waals surface area (Å²) < 4.78 is 2.60. The Morgan fingerprint density at radius 3 is 2.85 bits per heavy atom. The topological polar surface area (TPSA) is 59.6 Å². The van der Waals surface area contributed by atoms with Crippen molar-refractivity contribution in [1.82, 2.24) is 14.8 Å². The second kappa shape index (κ2) is 3.23. The molecule has 2 rings (SSSR count). The molecule has 0 amide bonds. The Balaban J connectivity index is 2.34. The number of aromatic amines is 1. The van der Waals surface area contributed by atoms with Crippen LogP contribution >= 0.6 is 12.2 Å². The van der Waals surface area contributed by atoms with Crippen LogP contribution < -0.4 is 5.73 Å². The van der Waals surface area contributed by atoms with E-state index in [9.17, 15) is 0 Å². The molecule has 0 unspecified atom stereocenters. The number of rotatable bonds is 1. The maximum atomic E-state index is 5.99. The molecule has 1 aromatic heterocycles. The van der Waals surface area contributed by atoms with Crippen molar-refractivity contribution in [2.24, 2.45) is 12.8 Å². The van der Waals surface area contributed by atoms with E-state index < -0.39 is 0 Å². The lowest BCUT2D eigenvalue weighted by Gasteiger charge is -2.13. The Bertz CT molecular complexity index is 353. The molecule has 0 radical (unpaired) electrons. The lowest BCUT2D eigenvalue weighted by Crippen LogP contribution is -2.24. The third-order valence-corrected chi connectivity index (χ3v) is 3.18. The monoisotopic (exact) mass is 198 g/mol. The first-order valence-corrected chi connectivity index (χ1v) is 4.98. The standard InChI is InChI=1S/C8H14N4S/c1-12-7(10-11-8(12)13)5-3-2-4-6(5)9/h5-6H,2-4,9H2,1H3,(H,11,13)/t5-,6+/m1/s1. The van der Waals surface area contributed by atoms with Crippen LogP contribution in [-0.4, -0.2) is 20.8 Å². The summed E-state index contributed by atoms with van der Waals surface area (Å²) in [6.07, 6.45) is 3.43. The van der Waals surface area contributed by atoms with Gasteiger partial charge in [-0.2, -0.15) is 5.10 Å². The van der Waals surface area contributed by atoms with Gasteiger partial charge in [0.2, 0.25) is 0 Å². The van der Waals surface area contributed by atoms with Crippen molar-refractivity contribution in [2.75, 3.05) is 0 Å². The number of nitrogens with one attached hydrogen (secondary N) is 1. The molecule has 1 aliphatic rings. The van der Waals surface area contributed by atoms with Gasteiger partial charge in [-0.3, -0.25) is 5.10 Å². The summed E-state index contributed by atoms with van der Waals surface area (Å²) in [6.45, 7) is 0. The van der Waals surface area contributed by atoms with Crippen molar-refractivity contribution < 1.29 is 0 Å². The zero-order valence-corrected chi connectivity index (χ0v) is 8.47. The number of hydrogen-bond donors (Lipinski definition) is 2. The molecule has 1 aliphatic carbocycles. The fourth-order valence-electron chi connectivity index (χ4n) is 2.00. The summed E-state index contributed by atoms with van der Waals surface area (Å²) in [4.78, 5) is 0. The molecule has 4 nitrogen and oxygen atoms in total. The molecular weight excluding hydrogens is 184 g/mol. The van der Waals surface area contributed by atoms with E-state index in [4.69, 9.17) is 18.0 Å². The van der Waals surface area contributed by atoms with Crippen LogP contribution in [-0.2, 0) is 7.05 Å². The minimum atomic E-state index is 0.254. The maximum absolute atomic E-state index is 5.99. The van der Waals surface area contributed by atoms with E-state index in [0.29, 0.717) is 10.7 Å². The molecule has 1 heterocycles. The molecule has 0 bridgehead atoms. The fourth-order valence-corrected chi connectivity index (χ4v) is 2.14. The molecule has 1 fully saturated rings. The summed E-state index contributed by atoms with van der Waals surface area (Å²) in [6, 6.07) is 0.254. The lowest BCUT2D eigenvalue weighted by atomic mass is 10.0. The Morgan fingerprint density at radius 1 is 1.62 bits per heavy atom. The first-order chi connectivity index (χ1) is 6.20. The maximum Gasteiger partial charge on any atom is 0.194 e. The molecule has 0 aliphatic heterocycles. The van der Waals surface area contributed by atoms with Gasteiger partial charge in [0, 0.05) is 19.0 Å². The second-order valence-electron chi connectivity index (χ2n) is 3.65. The minimum absolute atomic E-state index is 0.254. The van der Waals surface area contributed by atoms with Crippen LogP contribution in [0.5, 0.6) is 0 Å². The highest BCUT2D eigenvalue weighted by atomic mass is 32.1. The smallest absolute Gasteiger partial charge is 0.194 e. The normalized spacial score (nSPS) is 28.2. The van der Waals surface area contributed by atoms with Crippen molar-refractivity contribution >= 4 is 12.2 Å². The second-order valence-corrected chi connectivity index (χ2v) is 4.03. The highest BCUT2D eigenvalue weighted by Gasteiger charge is 2.28. The van der Waals surface area contributed by atoms with Crippen molar-refractivity contribution in [2.45, 2.75) is 31.2 Å². The number of hydrogen-bond acceptors (Lipinski definition) is 3. The van der Waals surface area contributed by atoms with Gasteiger partial charge in [0.25, 0.3) is 0 Å². The van der Waals surface area contributed by atoms with Crippen LogP contribution in [0.25, 0.3) is 0 Å². The third kappa shape index (κ3) is 1.42. The SMILES string of the molecule is Cn1c([C@@H]2CCC[C@@H]2N)n[nH]c1=S.